The fraction of sp³-hybridized carbons (Fsp3) is 0.435. The maximum Gasteiger partial charge on any atom is 0.253 e. The second kappa shape index (κ2) is 9.29. The number of carbonyl (C=O) groups is 1. The number of likely N-dealkylation sites (tertiary alicyclic amines) is 1. The third kappa shape index (κ3) is 4.74. The van der Waals surface area contributed by atoms with E-state index < -0.39 is 10.0 Å². The lowest BCUT2D eigenvalue weighted by Crippen LogP contribution is -2.48. The van der Waals surface area contributed by atoms with Gasteiger partial charge in [-0.25, -0.2) is 8.42 Å². The number of carbonyl (C=O) groups excluding carboxylic acids is 1. The lowest BCUT2D eigenvalue weighted by Gasteiger charge is -2.34. The number of rotatable bonds is 5. The number of benzene rings is 2. The van der Waals surface area contributed by atoms with Gasteiger partial charge in [-0.1, -0.05) is 30.3 Å². The van der Waals surface area contributed by atoms with E-state index in [2.05, 4.69) is 4.90 Å². The van der Waals surface area contributed by atoms with Crippen LogP contribution < -0.4 is 0 Å². The highest BCUT2D eigenvalue weighted by atomic mass is 32.2. The van der Waals surface area contributed by atoms with Gasteiger partial charge in [-0.05, 0) is 49.1 Å². The molecule has 0 spiro atoms. The van der Waals surface area contributed by atoms with Crippen molar-refractivity contribution in [3.05, 3.63) is 65.7 Å². The first kappa shape index (κ1) is 21.0. The van der Waals surface area contributed by atoms with Crippen LogP contribution in [-0.4, -0.2) is 67.7 Å². The van der Waals surface area contributed by atoms with Gasteiger partial charge in [-0.2, -0.15) is 4.31 Å². The minimum Gasteiger partial charge on any atom is -0.339 e. The topological polar surface area (TPSA) is 60.9 Å². The van der Waals surface area contributed by atoms with Crippen molar-refractivity contribution in [2.45, 2.75) is 30.7 Å². The molecule has 0 aromatic heterocycles. The van der Waals surface area contributed by atoms with Crippen LogP contribution in [0, 0.1) is 0 Å². The molecular formula is C23H29N3O3S. The van der Waals surface area contributed by atoms with Gasteiger partial charge in [0.1, 0.15) is 0 Å². The molecule has 2 aromatic carbocycles. The normalized spacial score (nSPS) is 19.0. The van der Waals surface area contributed by atoms with Gasteiger partial charge in [0.05, 0.1) is 4.90 Å². The fourth-order valence-corrected chi connectivity index (χ4v) is 5.65. The van der Waals surface area contributed by atoms with E-state index in [1.807, 2.05) is 35.2 Å². The van der Waals surface area contributed by atoms with Gasteiger partial charge in [-0.3, -0.25) is 9.69 Å². The summed E-state index contributed by atoms with van der Waals surface area (Å²) in [6.07, 6.45) is 3.37. The first-order valence-electron chi connectivity index (χ1n) is 10.7. The van der Waals surface area contributed by atoms with Crippen molar-refractivity contribution in [3.63, 3.8) is 0 Å². The summed E-state index contributed by atoms with van der Waals surface area (Å²) in [7, 11) is -3.43. The summed E-state index contributed by atoms with van der Waals surface area (Å²) in [4.78, 5) is 17.3. The summed E-state index contributed by atoms with van der Waals surface area (Å²) >= 11 is 0. The minimum atomic E-state index is -3.43. The maximum atomic E-state index is 12.8. The predicted octanol–water partition coefficient (Wildman–Crippen LogP) is 2.82. The zero-order chi connectivity index (χ0) is 21.0. The van der Waals surface area contributed by atoms with Gasteiger partial charge >= 0.3 is 0 Å². The first-order valence-corrected chi connectivity index (χ1v) is 12.1. The largest absolute Gasteiger partial charge is 0.339 e. The Morgan fingerprint density at radius 2 is 1.50 bits per heavy atom. The number of hydrogen-bond donors (Lipinski definition) is 0. The van der Waals surface area contributed by atoms with Gasteiger partial charge in [0.15, 0.2) is 0 Å². The molecule has 30 heavy (non-hydrogen) atoms. The average Bonchev–Trinajstić information content (AvgIpc) is 2.80. The zero-order valence-electron chi connectivity index (χ0n) is 17.2. The van der Waals surface area contributed by atoms with Crippen LogP contribution in [0.25, 0.3) is 0 Å². The summed E-state index contributed by atoms with van der Waals surface area (Å²) in [6, 6.07) is 16.5. The molecule has 0 N–H and O–H groups in total. The molecule has 2 aliphatic heterocycles. The Labute approximate surface area is 179 Å². The number of amides is 1. The number of piperazine rings is 1. The molecule has 0 atom stereocenters. The smallest absolute Gasteiger partial charge is 0.253 e. The molecule has 6 nitrogen and oxygen atoms in total. The van der Waals surface area contributed by atoms with E-state index in [0.717, 1.165) is 43.6 Å². The van der Waals surface area contributed by atoms with Crippen molar-refractivity contribution >= 4 is 15.9 Å². The lowest BCUT2D eigenvalue weighted by molar-refractivity contribution is 0.0724. The molecule has 4 rings (SSSR count). The van der Waals surface area contributed by atoms with Crippen molar-refractivity contribution in [1.29, 1.82) is 0 Å². The molecule has 160 valence electrons. The van der Waals surface area contributed by atoms with E-state index in [1.165, 1.54) is 6.42 Å². The molecule has 0 aliphatic carbocycles. The van der Waals surface area contributed by atoms with Crippen LogP contribution >= 0.6 is 0 Å². The summed E-state index contributed by atoms with van der Waals surface area (Å²) in [5.74, 6) is 0.121. The van der Waals surface area contributed by atoms with Crippen LogP contribution in [0.15, 0.2) is 59.5 Å². The first-order chi connectivity index (χ1) is 14.5. The maximum absolute atomic E-state index is 12.8. The van der Waals surface area contributed by atoms with Crippen molar-refractivity contribution in [1.82, 2.24) is 14.1 Å². The van der Waals surface area contributed by atoms with Crippen LogP contribution in [0.2, 0.25) is 0 Å². The highest BCUT2D eigenvalue weighted by Gasteiger charge is 2.28. The summed E-state index contributed by atoms with van der Waals surface area (Å²) in [5.41, 5.74) is 1.84. The van der Waals surface area contributed by atoms with E-state index >= 15 is 0 Å². The van der Waals surface area contributed by atoms with Gasteiger partial charge in [0.2, 0.25) is 10.0 Å². The van der Waals surface area contributed by atoms with Gasteiger partial charge in [0.25, 0.3) is 5.91 Å². The fourth-order valence-electron chi connectivity index (χ4n) is 4.21. The van der Waals surface area contributed by atoms with Crippen LogP contribution in [0.1, 0.15) is 35.2 Å². The second-order valence-electron chi connectivity index (χ2n) is 8.05. The van der Waals surface area contributed by atoms with E-state index in [9.17, 15) is 13.2 Å². The molecule has 0 unspecified atom stereocenters. The molecule has 2 heterocycles. The predicted molar refractivity (Wildman–Crippen MR) is 117 cm³/mol. The molecule has 7 heteroatoms. The van der Waals surface area contributed by atoms with Crippen LogP contribution in [0.5, 0.6) is 0 Å². The number of sulfonamides is 1. The van der Waals surface area contributed by atoms with Gasteiger partial charge in [0, 0.05) is 51.4 Å². The van der Waals surface area contributed by atoms with Crippen molar-refractivity contribution in [2.75, 3.05) is 39.3 Å². The Bertz CT molecular complexity index is 964. The Balaban J connectivity index is 1.36. The van der Waals surface area contributed by atoms with Crippen LogP contribution in [0.3, 0.4) is 0 Å². The standard InChI is InChI=1S/C23H29N3O3S/c27-23(25-12-5-2-6-13-25)21-9-7-8-20(18-21)19-24-14-16-26(17-15-24)30(28,29)22-10-3-1-4-11-22/h1,3-4,7-11,18H,2,5-6,12-17,19H2. The Morgan fingerprint density at radius 1 is 0.800 bits per heavy atom. The number of piperidine rings is 1. The van der Waals surface area contributed by atoms with E-state index in [-0.39, 0.29) is 5.91 Å². The van der Waals surface area contributed by atoms with Gasteiger partial charge < -0.3 is 4.90 Å². The van der Waals surface area contributed by atoms with E-state index in [0.29, 0.717) is 31.1 Å². The molecule has 2 aliphatic rings. The summed E-state index contributed by atoms with van der Waals surface area (Å²) in [6.45, 7) is 4.72. The van der Waals surface area contributed by atoms with E-state index in [1.54, 1.807) is 28.6 Å². The SMILES string of the molecule is O=C(c1cccc(CN2CCN(S(=O)(=O)c3ccccc3)CC2)c1)N1CCCCC1. The second-order valence-corrected chi connectivity index (χ2v) is 9.98. The Morgan fingerprint density at radius 3 is 2.20 bits per heavy atom. The molecule has 1 amide bonds. The monoisotopic (exact) mass is 427 g/mol. The number of hydrogen-bond acceptors (Lipinski definition) is 4. The van der Waals surface area contributed by atoms with Crippen molar-refractivity contribution < 1.29 is 13.2 Å². The molecular weight excluding hydrogens is 398 g/mol. The highest BCUT2D eigenvalue weighted by molar-refractivity contribution is 7.89. The Hall–Kier alpha value is -2.22. The molecule has 2 saturated heterocycles. The van der Waals surface area contributed by atoms with Crippen molar-refractivity contribution in [3.8, 4) is 0 Å². The molecule has 0 bridgehead atoms. The van der Waals surface area contributed by atoms with Gasteiger partial charge in [-0.15, -0.1) is 0 Å². The van der Waals surface area contributed by atoms with Crippen molar-refractivity contribution in [2.24, 2.45) is 0 Å². The van der Waals surface area contributed by atoms with E-state index in [4.69, 9.17) is 0 Å². The highest BCUT2D eigenvalue weighted by Crippen LogP contribution is 2.19. The minimum absolute atomic E-state index is 0.121. The lowest BCUT2D eigenvalue weighted by atomic mass is 10.1. The van der Waals surface area contributed by atoms with Crippen LogP contribution in [0.4, 0.5) is 0 Å². The van der Waals surface area contributed by atoms with Crippen LogP contribution in [-0.2, 0) is 16.6 Å². The summed E-state index contributed by atoms with van der Waals surface area (Å²) < 4.78 is 27.1. The molecule has 0 radical (unpaired) electrons. The zero-order valence-corrected chi connectivity index (χ0v) is 18.1. The third-order valence-corrected chi connectivity index (χ3v) is 7.85. The Kier molecular flexibility index (Phi) is 6.51. The molecule has 2 fully saturated rings. The molecule has 2 aromatic rings. The number of nitrogens with zero attached hydrogens (tertiary/aromatic N) is 3. The average molecular weight is 428 g/mol. The summed E-state index contributed by atoms with van der Waals surface area (Å²) in [5, 5.41) is 0. The quantitative estimate of drug-likeness (QED) is 0.736. The third-order valence-electron chi connectivity index (χ3n) is 5.94. The molecule has 0 saturated carbocycles.